The molecule has 3 heterocycles. The fraction of sp³-hybridized carbons (Fsp3) is 0.467. The number of piperidine rings is 1. The number of thiophene rings is 1. The monoisotopic (exact) mass is 304 g/mol. The molecule has 2 aromatic heterocycles. The third kappa shape index (κ3) is 3.71. The summed E-state index contributed by atoms with van der Waals surface area (Å²) in [5.41, 5.74) is 0.506. The van der Waals surface area contributed by atoms with Gasteiger partial charge >= 0.3 is 0 Å². The Kier molecular flexibility index (Phi) is 4.67. The minimum atomic E-state index is -0.0888. The molecule has 0 spiro atoms. The van der Waals surface area contributed by atoms with Crippen LogP contribution in [0.1, 0.15) is 34.2 Å². The van der Waals surface area contributed by atoms with Crippen molar-refractivity contribution < 1.29 is 4.79 Å². The highest BCUT2D eigenvalue weighted by atomic mass is 32.1. The molecule has 1 amide bonds. The van der Waals surface area contributed by atoms with Gasteiger partial charge in [-0.3, -0.25) is 9.48 Å². The van der Waals surface area contributed by atoms with Crippen molar-refractivity contribution in [2.24, 2.45) is 0 Å². The fourth-order valence-electron chi connectivity index (χ4n) is 2.57. The maximum Gasteiger partial charge on any atom is 0.271 e. The van der Waals surface area contributed by atoms with Crippen LogP contribution in [0.2, 0.25) is 0 Å². The minimum absolute atomic E-state index is 0.0888. The molecule has 6 heteroatoms. The fourth-order valence-corrected chi connectivity index (χ4v) is 3.28. The number of carbonyl (C=O) groups is 1. The van der Waals surface area contributed by atoms with Gasteiger partial charge in [0.25, 0.3) is 5.91 Å². The number of amides is 1. The Morgan fingerprint density at radius 1 is 1.52 bits per heavy atom. The van der Waals surface area contributed by atoms with Crippen molar-refractivity contribution in [2.45, 2.75) is 25.3 Å². The molecule has 0 bridgehead atoms. The summed E-state index contributed by atoms with van der Waals surface area (Å²) in [7, 11) is 0. The second-order valence-electron chi connectivity index (χ2n) is 5.27. The average molecular weight is 304 g/mol. The van der Waals surface area contributed by atoms with E-state index in [0.717, 1.165) is 32.4 Å². The molecule has 0 radical (unpaired) electrons. The Morgan fingerprint density at radius 3 is 3.24 bits per heavy atom. The molecule has 1 aliphatic heterocycles. The highest BCUT2D eigenvalue weighted by Gasteiger charge is 2.17. The summed E-state index contributed by atoms with van der Waals surface area (Å²) in [6.45, 7) is 2.66. The highest BCUT2D eigenvalue weighted by molar-refractivity contribution is 7.09. The molecule has 1 aliphatic rings. The molecule has 0 aromatic carbocycles. The van der Waals surface area contributed by atoms with Crippen LogP contribution in [0.4, 0.5) is 0 Å². The number of nitrogens with one attached hydrogen (secondary N) is 2. The Bertz CT molecular complexity index is 572. The summed E-state index contributed by atoms with van der Waals surface area (Å²) in [4.78, 5) is 13.4. The van der Waals surface area contributed by atoms with E-state index < -0.39 is 0 Å². The zero-order valence-corrected chi connectivity index (χ0v) is 12.7. The molecule has 2 aromatic rings. The summed E-state index contributed by atoms with van der Waals surface area (Å²) >= 11 is 1.72. The van der Waals surface area contributed by atoms with Crippen molar-refractivity contribution in [2.75, 3.05) is 19.6 Å². The zero-order chi connectivity index (χ0) is 14.5. The van der Waals surface area contributed by atoms with E-state index in [4.69, 9.17) is 0 Å². The van der Waals surface area contributed by atoms with Crippen molar-refractivity contribution in [1.29, 1.82) is 0 Å². The van der Waals surface area contributed by atoms with E-state index in [2.05, 4.69) is 27.2 Å². The van der Waals surface area contributed by atoms with E-state index in [9.17, 15) is 4.79 Å². The Labute approximate surface area is 128 Å². The summed E-state index contributed by atoms with van der Waals surface area (Å²) in [6.07, 6.45) is 5.06. The van der Waals surface area contributed by atoms with Gasteiger partial charge in [-0.05, 0) is 43.3 Å². The standard InChI is InChI=1S/C15H20N4OS/c20-15(17-8-5-13-4-2-10-21-13)14-6-9-19(18-14)12-3-1-7-16-11-12/h2,4,6,9-10,12,16H,1,3,5,7-8,11H2,(H,17,20). The third-order valence-electron chi connectivity index (χ3n) is 3.72. The topological polar surface area (TPSA) is 59.0 Å². The summed E-state index contributed by atoms with van der Waals surface area (Å²) in [6, 6.07) is 6.28. The van der Waals surface area contributed by atoms with Crippen molar-refractivity contribution in [1.82, 2.24) is 20.4 Å². The van der Waals surface area contributed by atoms with Gasteiger partial charge in [0.05, 0.1) is 6.04 Å². The molecule has 0 saturated carbocycles. The van der Waals surface area contributed by atoms with Crippen molar-refractivity contribution in [3.05, 3.63) is 40.3 Å². The molecular weight excluding hydrogens is 284 g/mol. The van der Waals surface area contributed by atoms with Crippen LogP contribution in [0.3, 0.4) is 0 Å². The number of rotatable bonds is 5. The van der Waals surface area contributed by atoms with Crippen LogP contribution >= 0.6 is 11.3 Å². The lowest BCUT2D eigenvalue weighted by atomic mass is 10.1. The van der Waals surface area contributed by atoms with E-state index in [1.54, 1.807) is 17.4 Å². The van der Waals surface area contributed by atoms with Crippen LogP contribution < -0.4 is 10.6 Å². The lowest BCUT2D eigenvalue weighted by molar-refractivity contribution is 0.0948. The maximum absolute atomic E-state index is 12.1. The molecule has 112 valence electrons. The molecule has 1 fully saturated rings. The van der Waals surface area contributed by atoms with Gasteiger partial charge in [0.15, 0.2) is 0 Å². The molecule has 5 nitrogen and oxygen atoms in total. The highest BCUT2D eigenvalue weighted by Crippen LogP contribution is 2.15. The maximum atomic E-state index is 12.1. The lowest BCUT2D eigenvalue weighted by Gasteiger charge is -2.22. The summed E-state index contributed by atoms with van der Waals surface area (Å²) < 4.78 is 1.92. The SMILES string of the molecule is O=C(NCCc1cccs1)c1ccn(C2CCCNC2)n1. The first-order valence-corrected chi connectivity index (χ1v) is 8.27. The number of carbonyl (C=O) groups excluding carboxylic acids is 1. The van der Waals surface area contributed by atoms with E-state index in [1.165, 1.54) is 4.88 Å². The molecule has 1 atom stereocenters. The van der Waals surface area contributed by atoms with E-state index in [0.29, 0.717) is 18.3 Å². The van der Waals surface area contributed by atoms with Crippen molar-refractivity contribution in [3.63, 3.8) is 0 Å². The normalized spacial score (nSPS) is 18.6. The first-order chi connectivity index (χ1) is 10.3. The van der Waals surface area contributed by atoms with Gasteiger partial charge in [-0.25, -0.2) is 0 Å². The lowest BCUT2D eigenvalue weighted by Crippen LogP contribution is -2.32. The second kappa shape index (κ2) is 6.87. The molecular formula is C15H20N4OS. The van der Waals surface area contributed by atoms with Gasteiger partial charge in [0, 0.05) is 24.2 Å². The van der Waals surface area contributed by atoms with Crippen LogP contribution in [0.25, 0.3) is 0 Å². The van der Waals surface area contributed by atoms with Gasteiger partial charge < -0.3 is 10.6 Å². The molecule has 3 rings (SSSR count). The molecule has 0 aliphatic carbocycles. The van der Waals surface area contributed by atoms with Gasteiger partial charge in [0.2, 0.25) is 0 Å². The largest absolute Gasteiger partial charge is 0.350 e. The number of hydrogen-bond acceptors (Lipinski definition) is 4. The van der Waals surface area contributed by atoms with E-state index in [-0.39, 0.29) is 5.91 Å². The van der Waals surface area contributed by atoms with Crippen molar-refractivity contribution in [3.8, 4) is 0 Å². The number of hydrogen-bond donors (Lipinski definition) is 2. The Morgan fingerprint density at radius 2 is 2.48 bits per heavy atom. The molecule has 2 N–H and O–H groups in total. The Hall–Kier alpha value is -1.66. The number of aromatic nitrogens is 2. The second-order valence-corrected chi connectivity index (χ2v) is 6.30. The summed E-state index contributed by atoms with van der Waals surface area (Å²) in [5.74, 6) is -0.0888. The summed E-state index contributed by atoms with van der Waals surface area (Å²) in [5, 5.41) is 12.8. The smallest absolute Gasteiger partial charge is 0.271 e. The minimum Gasteiger partial charge on any atom is -0.350 e. The van der Waals surface area contributed by atoms with Crippen LogP contribution in [-0.2, 0) is 6.42 Å². The molecule has 1 unspecified atom stereocenters. The molecule has 21 heavy (non-hydrogen) atoms. The van der Waals surface area contributed by atoms with Crippen LogP contribution in [0.5, 0.6) is 0 Å². The predicted octanol–water partition coefficient (Wildman–Crippen LogP) is 1.84. The van der Waals surface area contributed by atoms with Gasteiger partial charge in [-0.2, -0.15) is 5.10 Å². The number of nitrogens with zero attached hydrogens (tertiary/aromatic N) is 2. The van der Waals surface area contributed by atoms with Gasteiger partial charge in [-0.1, -0.05) is 6.07 Å². The average Bonchev–Trinajstić information content (AvgIpc) is 3.20. The quantitative estimate of drug-likeness (QED) is 0.886. The first-order valence-electron chi connectivity index (χ1n) is 7.39. The van der Waals surface area contributed by atoms with E-state index >= 15 is 0 Å². The van der Waals surface area contributed by atoms with Crippen LogP contribution in [0, 0.1) is 0 Å². The van der Waals surface area contributed by atoms with Crippen molar-refractivity contribution >= 4 is 17.2 Å². The van der Waals surface area contributed by atoms with Crippen LogP contribution in [-0.4, -0.2) is 35.3 Å². The predicted molar refractivity (Wildman–Crippen MR) is 83.7 cm³/mol. The third-order valence-corrected chi connectivity index (χ3v) is 4.66. The molecule has 1 saturated heterocycles. The Balaban J connectivity index is 1.51. The van der Waals surface area contributed by atoms with Gasteiger partial charge in [-0.15, -0.1) is 11.3 Å². The van der Waals surface area contributed by atoms with Gasteiger partial charge in [0.1, 0.15) is 5.69 Å². The van der Waals surface area contributed by atoms with Crippen LogP contribution in [0.15, 0.2) is 29.8 Å². The van der Waals surface area contributed by atoms with E-state index in [1.807, 2.05) is 16.9 Å². The first kappa shape index (κ1) is 14.3. The zero-order valence-electron chi connectivity index (χ0n) is 11.9.